The summed E-state index contributed by atoms with van der Waals surface area (Å²) in [6, 6.07) is 6.52. The zero-order valence-corrected chi connectivity index (χ0v) is 11.9. The summed E-state index contributed by atoms with van der Waals surface area (Å²) in [4.78, 5) is 8.27. The molecule has 2 aromatic rings. The van der Waals surface area contributed by atoms with Crippen molar-refractivity contribution >= 4 is 15.9 Å². The van der Waals surface area contributed by atoms with Gasteiger partial charge in [0.15, 0.2) is 0 Å². The molecular weight excluding hydrogens is 306 g/mol. The highest BCUT2D eigenvalue weighted by molar-refractivity contribution is 9.10. The van der Waals surface area contributed by atoms with E-state index in [1.54, 1.807) is 18.6 Å². The molecule has 5 heteroatoms. The van der Waals surface area contributed by atoms with Gasteiger partial charge in [0.2, 0.25) is 5.88 Å². The molecule has 19 heavy (non-hydrogen) atoms. The average molecular weight is 320 g/mol. The Balaban J connectivity index is 1.67. The molecule has 0 radical (unpaired) electrons. The third kappa shape index (κ3) is 3.75. The van der Waals surface area contributed by atoms with Crippen LogP contribution in [0.5, 0.6) is 11.6 Å². The van der Waals surface area contributed by atoms with Crippen LogP contribution in [0.25, 0.3) is 0 Å². The van der Waals surface area contributed by atoms with E-state index >= 15 is 0 Å². The molecule has 0 aromatic carbocycles. The van der Waals surface area contributed by atoms with Crippen LogP contribution in [0.3, 0.4) is 0 Å². The van der Waals surface area contributed by atoms with Gasteiger partial charge >= 0.3 is 0 Å². The summed E-state index contributed by atoms with van der Waals surface area (Å²) in [5, 5.41) is 3.47. The number of nitrogens with one attached hydrogen (secondary N) is 1. The molecule has 4 nitrogen and oxygen atoms in total. The van der Waals surface area contributed by atoms with E-state index in [4.69, 9.17) is 4.74 Å². The molecule has 1 aliphatic carbocycles. The molecule has 1 aliphatic rings. The largest absolute Gasteiger partial charge is 0.437 e. The van der Waals surface area contributed by atoms with Gasteiger partial charge in [-0.15, -0.1) is 0 Å². The van der Waals surface area contributed by atoms with Crippen LogP contribution in [0.2, 0.25) is 0 Å². The molecule has 1 fully saturated rings. The van der Waals surface area contributed by atoms with E-state index in [9.17, 15) is 0 Å². The minimum atomic E-state index is 0.593. The number of pyridine rings is 2. The highest BCUT2D eigenvalue weighted by Crippen LogP contribution is 2.23. The number of aromatic nitrogens is 2. The number of nitrogens with zero attached hydrogens (tertiary/aromatic N) is 2. The van der Waals surface area contributed by atoms with Gasteiger partial charge in [0.1, 0.15) is 5.75 Å². The zero-order valence-electron chi connectivity index (χ0n) is 10.3. The van der Waals surface area contributed by atoms with E-state index in [-0.39, 0.29) is 0 Å². The molecule has 0 atom stereocenters. The van der Waals surface area contributed by atoms with Crippen molar-refractivity contribution in [3.05, 3.63) is 46.8 Å². The molecule has 1 saturated carbocycles. The van der Waals surface area contributed by atoms with Crippen LogP contribution in [-0.2, 0) is 6.54 Å². The van der Waals surface area contributed by atoms with E-state index in [2.05, 4.69) is 31.2 Å². The van der Waals surface area contributed by atoms with Gasteiger partial charge in [0, 0.05) is 35.5 Å². The lowest BCUT2D eigenvalue weighted by Crippen LogP contribution is -2.15. The van der Waals surface area contributed by atoms with Crippen molar-refractivity contribution in [2.45, 2.75) is 25.4 Å². The number of rotatable bonds is 5. The lowest BCUT2D eigenvalue weighted by molar-refractivity contribution is 0.459. The molecule has 2 heterocycles. The molecule has 98 valence electrons. The molecule has 0 unspecified atom stereocenters. The number of hydrogen-bond donors (Lipinski definition) is 1. The summed E-state index contributed by atoms with van der Waals surface area (Å²) in [6.45, 7) is 0.861. The second-order valence-corrected chi connectivity index (χ2v) is 5.51. The van der Waals surface area contributed by atoms with Crippen LogP contribution >= 0.6 is 15.9 Å². The molecule has 0 spiro atoms. The molecule has 2 aromatic heterocycles. The maximum Gasteiger partial charge on any atom is 0.219 e. The Morgan fingerprint density at radius 2 is 2.21 bits per heavy atom. The maximum absolute atomic E-state index is 5.69. The predicted octanol–water partition coefficient (Wildman–Crippen LogP) is 3.28. The van der Waals surface area contributed by atoms with Gasteiger partial charge in [-0.1, -0.05) is 0 Å². The second-order valence-electron chi connectivity index (χ2n) is 4.60. The van der Waals surface area contributed by atoms with Gasteiger partial charge in [0.05, 0.1) is 6.20 Å². The van der Waals surface area contributed by atoms with E-state index < -0.39 is 0 Å². The standard InChI is InChI=1S/C14H14BrN3O/c15-11-6-13(9-16-8-11)19-14-5-10(3-4-17-14)7-18-12-1-2-12/h3-6,8-9,12,18H,1-2,7H2. The van der Waals surface area contributed by atoms with Crippen LogP contribution in [0.15, 0.2) is 41.3 Å². The van der Waals surface area contributed by atoms with Gasteiger partial charge in [-0.05, 0) is 46.5 Å². The molecule has 0 saturated heterocycles. The van der Waals surface area contributed by atoms with Crippen LogP contribution in [0.4, 0.5) is 0 Å². The topological polar surface area (TPSA) is 47.0 Å². The van der Waals surface area contributed by atoms with E-state index in [1.165, 1.54) is 18.4 Å². The molecule has 3 rings (SSSR count). The summed E-state index contributed by atoms with van der Waals surface area (Å²) >= 11 is 3.36. The number of hydrogen-bond acceptors (Lipinski definition) is 4. The van der Waals surface area contributed by atoms with E-state index in [0.29, 0.717) is 17.7 Å². The number of ether oxygens (including phenoxy) is 1. The predicted molar refractivity (Wildman–Crippen MR) is 76.1 cm³/mol. The van der Waals surface area contributed by atoms with E-state index in [0.717, 1.165) is 11.0 Å². The Kier molecular flexibility index (Phi) is 3.75. The SMILES string of the molecule is Brc1cncc(Oc2cc(CNC3CC3)ccn2)c1. The first kappa shape index (κ1) is 12.6. The fraction of sp³-hybridized carbons (Fsp3) is 0.286. The Morgan fingerprint density at radius 1 is 1.32 bits per heavy atom. The molecule has 0 aliphatic heterocycles. The van der Waals surface area contributed by atoms with Gasteiger partial charge in [-0.2, -0.15) is 0 Å². The first-order chi connectivity index (χ1) is 9.29. The lowest BCUT2D eigenvalue weighted by Gasteiger charge is -2.07. The van der Waals surface area contributed by atoms with Crippen molar-refractivity contribution in [3.8, 4) is 11.6 Å². The van der Waals surface area contributed by atoms with E-state index in [1.807, 2.05) is 18.2 Å². The average Bonchev–Trinajstić information content (AvgIpc) is 3.21. The fourth-order valence-electron chi connectivity index (χ4n) is 1.73. The van der Waals surface area contributed by atoms with Gasteiger partial charge in [0.25, 0.3) is 0 Å². The van der Waals surface area contributed by atoms with Gasteiger partial charge in [-0.3, -0.25) is 4.98 Å². The van der Waals surface area contributed by atoms with Crippen LogP contribution in [0, 0.1) is 0 Å². The van der Waals surface area contributed by atoms with Crippen LogP contribution in [-0.4, -0.2) is 16.0 Å². The minimum absolute atomic E-state index is 0.593. The molecule has 0 bridgehead atoms. The summed E-state index contributed by atoms with van der Waals surface area (Å²) in [6.07, 6.45) is 7.73. The summed E-state index contributed by atoms with van der Waals surface area (Å²) in [5.74, 6) is 1.27. The third-order valence-electron chi connectivity index (χ3n) is 2.87. The van der Waals surface area contributed by atoms with Crippen molar-refractivity contribution in [2.24, 2.45) is 0 Å². The Morgan fingerprint density at radius 3 is 3.00 bits per heavy atom. The van der Waals surface area contributed by atoms with Crippen molar-refractivity contribution in [3.63, 3.8) is 0 Å². The monoisotopic (exact) mass is 319 g/mol. The van der Waals surface area contributed by atoms with Crippen molar-refractivity contribution < 1.29 is 4.74 Å². The molecular formula is C14H14BrN3O. The van der Waals surface area contributed by atoms with Crippen LogP contribution < -0.4 is 10.1 Å². The third-order valence-corrected chi connectivity index (χ3v) is 3.31. The van der Waals surface area contributed by atoms with Gasteiger partial charge in [-0.25, -0.2) is 4.98 Å². The smallest absolute Gasteiger partial charge is 0.219 e. The lowest BCUT2D eigenvalue weighted by atomic mass is 10.2. The number of halogens is 1. The minimum Gasteiger partial charge on any atom is -0.437 e. The second kappa shape index (κ2) is 5.67. The molecule has 0 amide bonds. The van der Waals surface area contributed by atoms with Crippen LogP contribution in [0.1, 0.15) is 18.4 Å². The van der Waals surface area contributed by atoms with Gasteiger partial charge < -0.3 is 10.1 Å². The quantitative estimate of drug-likeness (QED) is 0.918. The highest BCUT2D eigenvalue weighted by atomic mass is 79.9. The van der Waals surface area contributed by atoms with Crippen molar-refractivity contribution in [2.75, 3.05) is 0 Å². The Labute approximate surface area is 120 Å². The Bertz CT molecular complexity index is 572. The zero-order chi connectivity index (χ0) is 13.1. The normalized spacial score (nSPS) is 14.4. The van der Waals surface area contributed by atoms with Crippen molar-refractivity contribution in [1.29, 1.82) is 0 Å². The first-order valence-electron chi connectivity index (χ1n) is 6.26. The maximum atomic E-state index is 5.69. The fourth-order valence-corrected chi connectivity index (χ4v) is 2.08. The Hall–Kier alpha value is -1.46. The molecule has 1 N–H and O–H groups in total. The summed E-state index contributed by atoms with van der Waals surface area (Å²) in [7, 11) is 0. The summed E-state index contributed by atoms with van der Waals surface area (Å²) < 4.78 is 6.58. The summed E-state index contributed by atoms with van der Waals surface area (Å²) in [5.41, 5.74) is 1.18. The highest BCUT2D eigenvalue weighted by Gasteiger charge is 2.19. The first-order valence-corrected chi connectivity index (χ1v) is 7.05. The van der Waals surface area contributed by atoms with Crippen molar-refractivity contribution in [1.82, 2.24) is 15.3 Å².